The fourth-order valence-corrected chi connectivity index (χ4v) is 4.06. The lowest BCUT2D eigenvalue weighted by Gasteiger charge is -2.45. The molecule has 1 N–H and O–H groups in total. The van der Waals surface area contributed by atoms with E-state index in [-0.39, 0.29) is 10.6 Å². The maximum atomic E-state index is 14.1. The Kier molecular flexibility index (Phi) is 4.68. The van der Waals surface area contributed by atoms with Gasteiger partial charge in [0.15, 0.2) is 5.84 Å². The number of rotatable bonds is 2. The molecule has 2 aromatic rings. The Bertz CT molecular complexity index is 1080. The average molecular weight is 460 g/mol. The minimum Gasteiger partial charge on any atom is -0.277 e. The number of para-hydroxylation sites is 1. The molecule has 4 rings (SSSR count). The number of alkyl halides is 6. The van der Waals surface area contributed by atoms with E-state index in [1.54, 1.807) is 5.32 Å². The minimum atomic E-state index is -6.03. The lowest BCUT2D eigenvalue weighted by molar-refractivity contribution is -0.302. The van der Waals surface area contributed by atoms with E-state index in [9.17, 15) is 35.9 Å². The van der Waals surface area contributed by atoms with Crippen molar-refractivity contribution in [2.24, 2.45) is 15.9 Å². The van der Waals surface area contributed by atoms with Crippen LogP contribution >= 0.6 is 11.3 Å². The number of aliphatic imine (C=N–C) groups is 2. The van der Waals surface area contributed by atoms with Crippen molar-refractivity contribution >= 4 is 40.6 Å². The number of hydrogen-bond acceptors (Lipinski definition) is 5. The van der Waals surface area contributed by atoms with E-state index >= 15 is 0 Å². The van der Waals surface area contributed by atoms with E-state index in [1.165, 1.54) is 47.8 Å². The van der Waals surface area contributed by atoms with Crippen molar-refractivity contribution in [2.45, 2.75) is 17.9 Å². The molecule has 31 heavy (non-hydrogen) atoms. The van der Waals surface area contributed by atoms with Crippen molar-refractivity contribution in [3.63, 3.8) is 0 Å². The van der Waals surface area contributed by atoms with Crippen molar-refractivity contribution < 1.29 is 35.9 Å². The normalized spacial score (nSPS) is 21.2. The smallest absolute Gasteiger partial charge is 0.277 e. The molecule has 1 aromatic carbocycles. The van der Waals surface area contributed by atoms with Gasteiger partial charge in [-0.2, -0.15) is 26.3 Å². The molecule has 0 radical (unpaired) electrons. The number of thiophene rings is 1. The van der Waals surface area contributed by atoms with Gasteiger partial charge >= 0.3 is 18.4 Å². The number of halogens is 6. The Labute approximate surface area is 173 Å². The highest BCUT2D eigenvalue weighted by Crippen LogP contribution is 2.53. The van der Waals surface area contributed by atoms with Gasteiger partial charge in [0.25, 0.3) is 5.54 Å². The monoisotopic (exact) mass is 460 g/mol. The highest BCUT2D eigenvalue weighted by Gasteiger charge is 2.79. The quantitative estimate of drug-likeness (QED) is 0.685. The fraction of sp³-hybridized carbons (Fsp3) is 0.222. The summed E-state index contributed by atoms with van der Waals surface area (Å²) in [5.41, 5.74) is -4.91. The first-order chi connectivity index (χ1) is 14.5. The summed E-state index contributed by atoms with van der Waals surface area (Å²) in [6.45, 7) is 0. The number of nitrogens with zero attached hydrogens (tertiary/aromatic N) is 3. The third-order valence-corrected chi connectivity index (χ3v) is 5.59. The zero-order valence-electron chi connectivity index (χ0n) is 15.0. The van der Waals surface area contributed by atoms with Gasteiger partial charge in [-0.25, -0.2) is 19.7 Å². The third-order valence-electron chi connectivity index (χ3n) is 4.72. The van der Waals surface area contributed by atoms with Gasteiger partial charge in [-0.1, -0.05) is 24.3 Å². The molecular weight excluding hydrogens is 450 g/mol. The maximum Gasteiger partial charge on any atom is 0.423 e. The van der Waals surface area contributed by atoms with Crippen LogP contribution in [-0.2, 0) is 4.79 Å². The summed E-state index contributed by atoms with van der Waals surface area (Å²) < 4.78 is 84.7. The van der Waals surface area contributed by atoms with E-state index in [0.717, 1.165) is 11.3 Å². The highest BCUT2D eigenvalue weighted by molar-refractivity contribution is 7.12. The minimum absolute atomic E-state index is 0.0677. The SMILES string of the molecule is O=C1NC(=O)N(c2ccccc2)C2=NC(c3cccs3)=NC(C(F)(F)F)(C(F)(F)F)C12. The van der Waals surface area contributed by atoms with Gasteiger partial charge < -0.3 is 0 Å². The number of carbonyl (C=O) groups excluding carboxylic acids is 2. The Morgan fingerprint density at radius 1 is 0.968 bits per heavy atom. The molecule has 3 heterocycles. The summed E-state index contributed by atoms with van der Waals surface area (Å²) in [4.78, 5) is 32.2. The summed E-state index contributed by atoms with van der Waals surface area (Å²) in [5, 5.41) is 2.99. The molecule has 0 saturated carbocycles. The lowest BCUT2D eigenvalue weighted by atomic mass is 9.78. The van der Waals surface area contributed by atoms with Crippen LogP contribution in [0.25, 0.3) is 0 Å². The molecule has 1 fully saturated rings. The van der Waals surface area contributed by atoms with Crippen molar-refractivity contribution in [2.75, 3.05) is 4.90 Å². The van der Waals surface area contributed by atoms with Crippen LogP contribution in [0.1, 0.15) is 4.88 Å². The largest absolute Gasteiger partial charge is 0.423 e. The number of amides is 3. The second-order valence-corrected chi connectivity index (χ2v) is 7.49. The van der Waals surface area contributed by atoms with Crippen LogP contribution in [0, 0.1) is 5.92 Å². The van der Waals surface area contributed by atoms with Crippen LogP contribution < -0.4 is 10.2 Å². The van der Waals surface area contributed by atoms with Crippen LogP contribution in [0.2, 0.25) is 0 Å². The fourth-order valence-electron chi connectivity index (χ4n) is 3.40. The second-order valence-electron chi connectivity index (χ2n) is 6.54. The van der Waals surface area contributed by atoms with Crippen molar-refractivity contribution in [3.8, 4) is 0 Å². The Hall–Kier alpha value is -3.22. The molecule has 0 spiro atoms. The molecule has 1 saturated heterocycles. The molecule has 0 aliphatic carbocycles. The first-order valence-corrected chi connectivity index (χ1v) is 9.41. The number of fused-ring (bicyclic) bond motifs is 1. The molecule has 1 aromatic heterocycles. The second kappa shape index (κ2) is 6.90. The number of imide groups is 1. The molecule has 162 valence electrons. The molecule has 3 amide bonds. The molecule has 2 aliphatic rings. The third kappa shape index (κ3) is 3.10. The molecular formula is C18H10F6N4O2S. The molecule has 1 atom stereocenters. The van der Waals surface area contributed by atoms with Gasteiger partial charge in [-0.05, 0) is 23.6 Å². The Balaban J connectivity index is 2.05. The van der Waals surface area contributed by atoms with Gasteiger partial charge in [-0.3, -0.25) is 10.1 Å². The number of urea groups is 1. The summed E-state index contributed by atoms with van der Waals surface area (Å²) >= 11 is 0.813. The topological polar surface area (TPSA) is 74.1 Å². The molecule has 6 nitrogen and oxygen atoms in total. The van der Waals surface area contributed by atoms with Crippen LogP contribution in [0.15, 0.2) is 57.8 Å². The van der Waals surface area contributed by atoms with Crippen molar-refractivity contribution in [1.29, 1.82) is 0 Å². The Morgan fingerprint density at radius 3 is 2.16 bits per heavy atom. The number of benzene rings is 1. The average Bonchev–Trinajstić information content (AvgIpc) is 3.21. The van der Waals surface area contributed by atoms with Crippen LogP contribution in [-0.4, -0.2) is 41.5 Å². The number of hydrogen-bond donors (Lipinski definition) is 1. The number of anilines is 1. The predicted molar refractivity (Wildman–Crippen MR) is 99.1 cm³/mol. The number of nitrogens with one attached hydrogen (secondary N) is 1. The van der Waals surface area contributed by atoms with E-state index in [4.69, 9.17) is 0 Å². The molecule has 2 aliphatic heterocycles. The molecule has 1 unspecified atom stereocenters. The lowest BCUT2D eigenvalue weighted by Crippen LogP contribution is -2.73. The van der Waals surface area contributed by atoms with Gasteiger partial charge in [0.2, 0.25) is 5.91 Å². The predicted octanol–water partition coefficient (Wildman–Crippen LogP) is 4.14. The van der Waals surface area contributed by atoms with Crippen LogP contribution in [0.4, 0.5) is 36.8 Å². The molecule has 13 heteroatoms. The first-order valence-electron chi connectivity index (χ1n) is 8.53. The Morgan fingerprint density at radius 2 is 1.61 bits per heavy atom. The van der Waals surface area contributed by atoms with Crippen molar-refractivity contribution in [1.82, 2.24) is 5.32 Å². The maximum absolute atomic E-state index is 14.1. The van der Waals surface area contributed by atoms with E-state index in [1.807, 2.05) is 0 Å². The van der Waals surface area contributed by atoms with Crippen molar-refractivity contribution in [3.05, 3.63) is 52.7 Å². The van der Waals surface area contributed by atoms with Gasteiger partial charge in [-0.15, -0.1) is 11.3 Å². The van der Waals surface area contributed by atoms with E-state index in [2.05, 4.69) is 9.98 Å². The summed E-state index contributed by atoms with van der Waals surface area (Å²) in [6.07, 6.45) is -12.1. The van der Waals surface area contributed by atoms with E-state index < -0.39 is 47.4 Å². The van der Waals surface area contributed by atoms with Gasteiger partial charge in [0, 0.05) is 0 Å². The standard InChI is InChI=1S/C18H10F6N4O2S/c19-17(20,21)16(18(22,23)24)11-13(25-12(27-16)10-7-4-8-31-10)28(15(30)26-14(11)29)9-5-2-1-3-6-9/h1-8,11H,(H,26,29,30). The summed E-state index contributed by atoms with van der Waals surface area (Å²) in [5.74, 6) is -6.64. The van der Waals surface area contributed by atoms with Crippen LogP contribution in [0.3, 0.4) is 0 Å². The highest BCUT2D eigenvalue weighted by atomic mass is 32.1. The van der Waals surface area contributed by atoms with Crippen LogP contribution in [0.5, 0.6) is 0 Å². The zero-order valence-corrected chi connectivity index (χ0v) is 15.8. The van der Waals surface area contributed by atoms with Gasteiger partial charge in [0.05, 0.1) is 10.6 Å². The zero-order chi connectivity index (χ0) is 22.6. The first kappa shape index (κ1) is 21.0. The van der Waals surface area contributed by atoms with Gasteiger partial charge in [0.1, 0.15) is 11.8 Å². The number of amidine groups is 2. The summed E-state index contributed by atoms with van der Waals surface area (Å²) in [7, 11) is 0. The number of carbonyl (C=O) groups is 2. The summed E-state index contributed by atoms with van der Waals surface area (Å²) in [6, 6.07) is 8.36. The van der Waals surface area contributed by atoms with E-state index in [0.29, 0.717) is 4.90 Å². The molecule has 0 bridgehead atoms.